The summed E-state index contributed by atoms with van der Waals surface area (Å²) in [6.07, 6.45) is 2.82. The molecule has 39 valence electrons. The van der Waals surface area contributed by atoms with Crippen LogP contribution in [0.3, 0.4) is 0 Å². The van der Waals surface area contributed by atoms with Gasteiger partial charge in [0.1, 0.15) is 0 Å². The molecule has 3 nitrogen and oxygen atoms in total. The summed E-state index contributed by atoms with van der Waals surface area (Å²) in [6, 6.07) is 0. The van der Waals surface area contributed by atoms with Crippen molar-refractivity contribution in [3.05, 3.63) is 0 Å². The molecule has 0 spiro atoms. The molecule has 0 aliphatic carbocycles. The normalized spacial score (nSPS) is 7.57. The first-order valence-electron chi connectivity index (χ1n) is 1.52. The number of imide groups is 1. The molecule has 0 atom stereocenters. The Kier molecular flexibility index (Phi) is 3.40. The van der Waals surface area contributed by atoms with Gasteiger partial charge >= 0.3 is 6.41 Å². The van der Waals surface area contributed by atoms with Crippen molar-refractivity contribution >= 4 is 23.4 Å². The van der Waals surface area contributed by atoms with E-state index in [1.165, 1.54) is 6.41 Å². The van der Waals surface area contributed by atoms with Gasteiger partial charge in [0.15, 0.2) is 0 Å². The van der Waals surface area contributed by atoms with E-state index in [0.29, 0.717) is 0 Å². The topological polar surface area (TPSA) is 46.2 Å². The van der Waals surface area contributed by atoms with Crippen molar-refractivity contribution in [3.8, 4) is 0 Å². The minimum absolute atomic E-state index is 0.380. The van der Waals surface area contributed by atoms with Crippen LogP contribution in [0.15, 0.2) is 0 Å². The average Bonchev–Trinajstić information content (AvgIpc) is 1.68. The zero-order valence-corrected chi connectivity index (χ0v) is 4.54. The predicted octanol–water partition coefficient (Wildman–Crippen LogP) is 0.126. The maximum absolute atomic E-state index is 10.0. The summed E-state index contributed by atoms with van der Waals surface area (Å²) in [5.74, 6) is 0. The molecule has 0 saturated carbocycles. The number of hydrogen-bond acceptors (Lipinski definition) is 3. The second-order valence-corrected chi connectivity index (χ2v) is 1.50. The fraction of sp³-hybridized carbons (Fsp3) is 0.333. The van der Waals surface area contributed by atoms with E-state index in [1.807, 2.05) is 5.32 Å². The van der Waals surface area contributed by atoms with Crippen LogP contribution >= 0.6 is 11.8 Å². The number of thioether (sulfide) groups is 1. The average molecular weight is 118 g/mol. The third kappa shape index (κ3) is 3.32. The zero-order valence-electron chi connectivity index (χ0n) is 3.72. The molecule has 0 aliphatic heterocycles. The smallest absolute Gasteiger partial charge is 0.279 e. The van der Waals surface area contributed by atoms with E-state index < -0.39 is 0 Å². The highest BCUT2D eigenvalue weighted by molar-refractivity contribution is 8.13. The molecule has 0 bridgehead atoms. The highest BCUT2D eigenvalue weighted by Crippen LogP contribution is 1.89. The minimum atomic E-state index is -0.380. The number of amides is 2. The van der Waals surface area contributed by atoms with Gasteiger partial charge in [-0.2, -0.15) is 0 Å². The molecule has 2 amide bonds. The summed E-state index contributed by atoms with van der Waals surface area (Å²) < 4.78 is 0. The van der Waals surface area contributed by atoms with Crippen LogP contribution in [-0.2, 0) is 4.79 Å². The van der Waals surface area contributed by atoms with Gasteiger partial charge in [-0.25, -0.2) is 0 Å². The molecule has 1 radical (unpaired) electrons. The number of carbonyl (C=O) groups excluding carboxylic acids is 2. The van der Waals surface area contributed by atoms with E-state index in [4.69, 9.17) is 0 Å². The van der Waals surface area contributed by atoms with Crippen LogP contribution in [0.25, 0.3) is 0 Å². The summed E-state index contributed by atoms with van der Waals surface area (Å²) >= 11 is 0.937. The van der Waals surface area contributed by atoms with Crippen molar-refractivity contribution in [3.63, 3.8) is 0 Å². The first-order valence-corrected chi connectivity index (χ1v) is 2.75. The van der Waals surface area contributed by atoms with Crippen LogP contribution in [0.4, 0.5) is 4.79 Å². The van der Waals surface area contributed by atoms with Gasteiger partial charge in [-0.3, -0.25) is 14.9 Å². The first-order chi connectivity index (χ1) is 3.31. The van der Waals surface area contributed by atoms with Crippen LogP contribution in [-0.4, -0.2) is 17.9 Å². The third-order valence-corrected chi connectivity index (χ3v) is 0.811. The molecule has 4 heteroatoms. The van der Waals surface area contributed by atoms with Crippen LogP contribution in [0.1, 0.15) is 0 Å². The Balaban J connectivity index is 3.17. The maximum Gasteiger partial charge on any atom is 0.317 e. The Morgan fingerprint density at radius 1 is 1.86 bits per heavy atom. The quantitative estimate of drug-likeness (QED) is 0.498. The van der Waals surface area contributed by atoms with Crippen molar-refractivity contribution in [2.45, 2.75) is 0 Å². The Morgan fingerprint density at radius 3 is 2.57 bits per heavy atom. The highest BCUT2D eigenvalue weighted by Gasteiger charge is 1.90. The van der Waals surface area contributed by atoms with Gasteiger partial charge in [0, 0.05) is 0 Å². The van der Waals surface area contributed by atoms with E-state index in [2.05, 4.69) is 0 Å². The molecule has 0 aromatic carbocycles. The van der Waals surface area contributed by atoms with Crippen LogP contribution in [0, 0.1) is 0 Å². The third-order valence-electron chi connectivity index (χ3n) is 0.338. The lowest BCUT2D eigenvalue weighted by Crippen LogP contribution is -2.14. The van der Waals surface area contributed by atoms with Gasteiger partial charge < -0.3 is 0 Å². The highest BCUT2D eigenvalue weighted by atomic mass is 32.2. The van der Waals surface area contributed by atoms with Crippen molar-refractivity contribution in [2.24, 2.45) is 0 Å². The van der Waals surface area contributed by atoms with Crippen LogP contribution in [0.2, 0.25) is 0 Å². The lowest BCUT2D eigenvalue weighted by Gasteiger charge is -1.84. The Bertz CT molecular complexity index is 83.0. The molecular weight excluding hydrogens is 114 g/mol. The van der Waals surface area contributed by atoms with E-state index in [9.17, 15) is 9.59 Å². The van der Waals surface area contributed by atoms with E-state index in [0.717, 1.165) is 11.8 Å². The van der Waals surface area contributed by atoms with Gasteiger partial charge in [-0.15, -0.1) is 0 Å². The maximum atomic E-state index is 10.0. The van der Waals surface area contributed by atoms with Crippen molar-refractivity contribution < 1.29 is 9.59 Å². The molecule has 0 fully saturated rings. The second kappa shape index (κ2) is 3.67. The monoisotopic (exact) mass is 118 g/mol. The molecule has 0 aliphatic rings. The SMILES string of the molecule is CSC(=O)N[C]=O. The first kappa shape index (κ1) is 6.49. The van der Waals surface area contributed by atoms with E-state index >= 15 is 0 Å². The van der Waals surface area contributed by atoms with Crippen molar-refractivity contribution in [1.29, 1.82) is 0 Å². The standard InChI is InChI=1S/C3H4NO2S/c1-7-3(6)4-2-5/h1H3,(H,4,5,6). The van der Waals surface area contributed by atoms with Crippen molar-refractivity contribution in [1.82, 2.24) is 5.32 Å². The fourth-order valence-corrected chi connectivity index (χ4v) is 0.236. The van der Waals surface area contributed by atoms with E-state index in [-0.39, 0.29) is 5.24 Å². The van der Waals surface area contributed by atoms with Crippen LogP contribution in [0.5, 0.6) is 0 Å². The van der Waals surface area contributed by atoms with Crippen LogP contribution < -0.4 is 5.32 Å². The largest absolute Gasteiger partial charge is 0.317 e. The molecular formula is C3H4NO2S. The number of rotatable bonds is 1. The lowest BCUT2D eigenvalue weighted by molar-refractivity contribution is 0.264. The molecule has 0 saturated heterocycles. The van der Waals surface area contributed by atoms with Gasteiger partial charge in [0.05, 0.1) is 0 Å². The van der Waals surface area contributed by atoms with E-state index in [1.54, 1.807) is 6.26 Å². The fourth-order valence-electron chi connectivity index (χ4n) is 0.0927. The van der Waals surface area contributed by atoms with Gasteiger partial charge in [0.25, 0.3) is 5.24 Å². The predicted molar refractivity (Wildman–Crippen MR) is 27.7 cm³/mol. The molecule has 7 heavy (non-hydrogen) atoms. The summed E-state index contributed by atoms with van der Waals surface area (Å²) in [5, 5.41) is 1.43. The van der Waals surface area contributed by atoms with Gasteiger partial charge in [-0.05, 0) is 6.26 Å². The van der Waals surface area contributed by atoms with Crippen molar-refractivity contribution in [2.75, 3.05) is 6.26 Å². The minimum Gasteiger partial charge on any atom is -0.279 e. The van der Waals surface area contributed by atoms with Gasteiger partial charge in [0.2, 0.25) is 0 Å². The molecule has 0 heterocycles. The molecule has 0 aromatic heterocycles. The molecule has 0 rings (SSSR count). The Hall–Kier alpha value is -0.510. The second-order valence-electron chi connectivity index (χ2n) is 0.719. The summed E-state index contributed by atoms with van der Waals surface area (Å²) in [4.78, 5) is 19.3. The summed E-state index contributed by atoms with van der Waals surface area (Å²) in [6.45, 7) is 0. The molecule has 0 aromatic rings. The zero-order chi connectivity index (χ0) is 5.70. The molecule has 1 N–H and O–H groups in total. The summed E-state index contributed by atoms with van der Waals surface area (Å²) in [5.41, 5.74) is 0. The van der Waals surface area contributed by atoms with Gasteiger partial charge in [-0.1, -0.05) is 11.8 Å². The number of hydrogen-bond donors (Lipinski definition) is 1. The number of carbonyl (C=O) groups is 1. The lowest BCUT2D eigenvalue weighted by atomic mass is 11.2. The number of nitrogens with one attached hydrogen (secondary N) is 1. The summed E-state index contributed by atoms with van der Waals surface area (Å²) in [7, 11) is 0. The molecule has 0 unspecified atom stereocenters. The Labute approximate surface area is 45.5 Å². The Morgan fingerprint density at radius 2 is 2.43 bits per heavy atom.